The van der Waals surface area contributed by atoms with Crippen LogP contribution in [0.1, 0.15) is 17.5 Å². The van der Waals surface area contributed by atoms with Crippen LogP contribution in [0.3, 0.4) is 0 Å². The zero-order valence-electron chi connectivity index (χ0n) is 21.5. The number of likely N-dealkylation sites (tertiary alicyclic amines) is 1. The van der Waals surface area contributed by atoms with Crippen LogP contribution in [-0.2, 0) is 17.8 Å². The van der Waals surface area contributed by atoms with E-state index in [0.29, 0.717) is 43.5 Å². The maximum Gasteiger partial charge on any atom is 0.224 e. The van der Waals surface area contributed by atoms with E-state index in [9.17, 15) is 9.18 Å². The van der Waals surface area contributed by atoms with E-state index >= 15 is 0 Å². The van der Waals surface area contributed by atoms with Crippen molar-refractivity contribution in [3.63, 3.8) is 0 Å². The van der Waals surface area contributed by atoms with E-state index < -0.39 is 0 Å². The molecule has 0 bridgehead atoms. The number of benzene rings is 3. The molecular weight excluding hydrogens is 471 g/mol. The molecule has 0 unspecified atom stereocenters. The van der Waals surface area contributed by atoms with E-state index in [1.807, 2.05) is 36.4 Å². The maximum atomic E-state index is 13.6. The second kappa shape index (κ2) is 13.1. The fourth-order valence-electron chi connectivity index (χ4n) is 4.87. The molecule has 3 aromatic carbocycles. The Labute approximate surface area is 218 Å². The van der Waals surface area contributed by atoms with E-state index in [0.717, 1.165) is 24.9 Å². The van der Waals surface area contributed by atoms with Crippen molar-refractivity contribution in [1.29, 1.82) is 0 Å². The Morgan fingerprint density at radius 1 is 0.946 bits per heavy atom. The monoisotopic (exact) mass is 506 g/mol. The van der Waals surface area contributed by atoms with Gasteiger partial charge in [0.2, 0.25) is 5.91 Å². The number of nitrogens with one attached hydrogen (secondary N) is 1. The molecule has 7 heteroatoms. The number of carbonyl (C=O) groups excluding carboxylic acids is 1. The lowest BCUT2D eigenvalue weighted by atomic mass is 9.88. The first-order chi connectivity index (χ1) is 18.0. The van der Waals surface area contributed by atoms with Crippen LogP contribution in [0.25, 0.3) is 0 Å². The third-order valence-corrected chi connectivity index (χ3v) is 6.68. The molecule has 0 aliphatic carbocycles. The third kappa shape index (κ3) is 7.70. The zero-order valence-corrected chi connectivity index (χ0v) is 21.5. The van der Waals surface area contributed by atoms with Crippen molar-refractivity contribution in [1.82, 2.24) is 10.2 Å². The van der Waals surface area contributed by atoms with Crippen LogP contribution in [-0.4, -0.2) is 51.3 Å². The maximum absolute atomic E-state index is 13.6. The van der Waals surface area contributed by atoms with Gasteiger partial charge in [0, 0.05) is 38.2 Å². The number of piperidine rings is 1. The van der Waals surface area contributed by atoms with Crippen molar-refractivity contribution < 1.29 is 23.4 Å². The van der Waals surface area contributed by atoms with E-state index in [1.165, 1.54) is 17.7 Å². The number of ether oxygens (including phenoxy) is 3. The van der Waals surface area contributed by atoms with Gasteiger partial charge < -0.3 is 19.5 Å². The molecule has 1 amide bonds. The summed E-state index contributed by atoms with van der Waals surface area (Å²) in [6, 6.07) is 22.2. The molecule has 1 fully saturated rings. The molecule has 0 spiro atoms. The van der Waals surface area contributed by atoms with Gasteiger partial charge in [-0.15, -0.1) is 0 Å². The fourth-order valence-corrected chi connectivity index (χ4v) is 4.87. The standard InChI is InChI=1S/C30H35FN2O4/c1-35-28-12-11-23(16-29(28)36-2)18-33-19-24(21-37-27-10-6-9-26(31)17-27)15-25(20-33)30(34)32-14-13-22-7-4-3-5-8-22/h3-12,16-17,24-25H,13-15,18-21H2,1-2H3,(H,32,34)/t24-,25+/m0/s1. The van der Waals surface area contributed by atoms with Gasteiger partial charge in [-0.1, -0.05) is 42.5 Å². The third-order valence-electron chi connectivity index (χ3n) is 6.68. The van der Waals surface area contributed by atoms with Crippen LogP contribution in [0.5, 0.6) is 17.2 Å². The first-order valence-corrected chi connectivity index (χ1v) is 12.7. The van der Waals surface area contributed by atoms with E-state index in [1.54, 1.807) is 26.4 Å². The summed E-state index contributed by atoms with van der Waals surface area (Å²) < 4.78 is 30.4. The lowest BCUT2D eigenvalue weighted by molar-refractivity contribution is -0.127. The summed E-state index contributed by atoms with van der Waals surface area (Å²) >= 11 is 0. The number of methoxy groups -OCH3 is 2. The molecule has 3 aromatic rings. The number of rotatable bonds is 11. The normalized spacial score (nSPS) is 17.7. The van der Waals surface area contributed by atoms with E-state index in [-0.39, 0.29) is 23.6 Å². The largest absolute Gasteiger partial charge is 0.493 e. The highest BCUT2D eigenvalue weighted by atomic mass is 19.1. The summed E-state index contributed by atoms with van der Waals surface area (Å²) in [6.07, 6.45) is 1.51. The Morgan fingerprint density at radius 2 is 1.76 bits per heavy atom. The van der Waals surface area contributed by atoms with Gasteiger partial charge in [-0.05, 0) is 48.2 Å². The van der Waals surface area contributed by atoms with Gasteiger partial charge in [0.05, 0.1) is 26.7 Å². The average Bonchev–Trinajstić information content (AvgIpc) is 2.92. The quantitative estimate of drug-likeness (QED) is 0.408. The highest BCUT2D eigenvalue weighted by Gasteiger charge is 2.32. The van der Waals surface area contributed by atoms with Crippen LogP contribution in [0.2, 0.25) is 0 Å². The topological polar surface area (TPSA) is 60.0 Å². The van der Waals surface area contributed by atoms with Gasteiger partial charge in [-0.3, -0.25) is 9.69 Å². The van der Waals surface area contributed by atoms with E-state index in [4.69, 9.17) is 14.2 Å². The number of amides is 1. The fraction of sp³-hybridized carbons (Fsp3) is 0.367. The molecule has 6 nitrogen and oxygen atoms in total. The van der Waals surface area contributed by atoms with Gasteiger partial charge in [0.1, 0.15) is 11.6 Å². The minimum Gasteiger partial charge on any atom is -0.493 e. The minimum absolute atomic E-state index is 0.0590. The molecule has 2 atom stereocenters. The van der Waals surface area contributed by atoms with Gasteiger partial charge in [-0.2, -0.15) is 0 Å². The van der Waals surface area contributed by atoms with Crippen LogP contribution < -0.4 is 19.5 Å². The van der Waals surface area contributed by atoms with Crippen molar-refractivity contribution in [2.75, 3.05) is 40.5 Å². The first kappa shape index (κ1) is 26.5. The van der Waals surface area contributed by atoms with E-state index in [2.05, 4.69) is 22.3 Å². The van der Waals surface area contributed by atoms with Crippen molar-refractivity contribution in [2.45, 2.75) is 19.4 Å². The molecule has 0 aromatic heterocycles. The predicted octanol–water partition coefficient (Wildman–Crippen LogP) is 4.72. The van der Waals surface area contributed by atoms with Crippen molar-refractivity contribution in [3.05, 3.63) is 89.7 Å². The number of hydrogen-bond acceptors (Lipinski definition) is 5. The molecular formula is C30H35FN2O4. The van der Waals surface area contributed by atoms with Gasteiger partial charge in [-0.25, -0.2) is 4.39 Å². The number of carbonyl (C=O) groups is 1. The number of halogens is 1. The summed E-state index contributed by atoms with van der Waals surface area (Å²) in [6.45, 7) is 3.11. The van der Waals surface area contributed by atoms with Crippen LogP contribution in [0, 0.1) is 17.7 Å². The highest BCUT2D eigenvalue weighted by Crippen LogP contribution is 2.30. The molecule has 1 aliphatic rings. The Bertz CT molecular complexity index is 1160. The van der Waals surface area contributed by atoms with Gasteiger partial charge >= 0.3 is 0 Å². The summed E-state index contributed by atoms with van der Waals surface area (Å²) in [5.74, 6) is 1.56. The first-order valence-electron chi connectivity index (χ1n) is 12.7. The summed E-state index contributed by atoms with van der Waals surface area (Å²) in [5.41, 5.74) is 2.27. The minimum atomic E-state index is -0.327. The SMILES string of the molecule is COc1ccc(CN2C[C@@H](COc3cccc(F)c3)C[C@@H](C(=O)NCCc3ccccc3)C2)cc1OC. The second-order valence-electron chi connectivity index (χ2n) is 9.48. The van der Waals surface area contributed by atoms with Crippen LogP contribution >= 0.6 is 0 Å². The molecule has 1 saturated heterocycles. The Hall–Kier alpha value is -3.58. The van der Waals surface area contributed by atoms with Crippen molar-refractivity contribution in [2.24, 2.45) is 11.8 Å². The molecule has 196 valence electrons. The lowest BCUT2D eigenvalue weighted by Crippen LogP contribution is -2.47. The zero-order chi connectivity index (χ0) is 26.0. The van der Waals surface area contributed by atoms with Crippen molar-refractivity contribution >= 4 is 5.91 Å². The summed E-state index contributed by atoms with van der Waals surface area (Å²) in [5, 5.41) is 3.13. The predicted molar refractivity (Wildman–Crippen MR) is 141 cm³/mol. The van der Waals surface area contributed by atoms with Gasteiger partial charge in [0.25, 0.3) is 0 Å². The average molecular weight is 507 g/mol. The Morgan fingerprint density at radius 3 is 2.51 bits per heavy atom. The van der Waals surface area contributed by atoms with Crippen LogP contribution in [0.4, 0.5) is 4.39 Å². The Balaban J connectivity index is 1.41. The molecule has 1 heterocycles. The van der Waals surface area contributed by atoms with Crippen molar-refractivity contribution in [3.8, 4) is 17.2 Å². The molecule has 37 heavy (non-hydrogen) atoms. The summed E-state index contributed by atoms with van der Waals surface area (Å²) in [4.78, 5) is 15.5. The molecule has 0 saturated carbocycles. The Kier molecular flexibility index (Phi) is 9.38. The van der Waals surface area contributed by atoms with Gasteiger partial charge in [0.15, 0.2) is 11.5 Å². The lowest BCUT2D eigenvalue weighted by Gasteiger charge is -2.37. The molecule has 4 rings (SSSR count). The molecule has 0 radical (unpaired) electrons. The molecule has 1 N–H and O–H groups in total. The molecule has 1 aliphatic heterocycles. The highest BCUT2D eigenvalue weighted by molar-refractivity contribution is 5.79. The second-order valence-corrected chi connectivity index (χ2v) is 9.48. The number of nitrogens with zero attached hydrogens (tertiary/aromatic N) is 1. The smallest absolute Gasteiger partial charge is 0.224 e. The summed E-state index contributed by atoms with van der Waals surface area (Å²) in [7, 11) is 3.24. The van der Waals surface area contributed by atoms with Crippen LogP contribution in [0.15, 0.2) is 72.8 Å². The number of hydrogen-bond donors (Lipinski definition) is 1.